The second kappa shape index (κ2) is 7.25. The summed E-state index contributed by atoms with van der Waals surface area (Å²) in [7, 11) is 1.39. The summed E-state index contributed by atoms with van der Waals surface area (Å²) in [6, 6.07) is 7.84. The molecule has 5 nitrogen and oxygen atoms in total. The Morgan fingerprint density at radius 3 is 3.17 bits per heavy atom. The van der Waals surface area contributed by atoms with E-state index in [1.807, 2.05) is 24.3 Å². The molecule has 0 unspecified atom stereocenters. The Labute approximate surface area is 140 Å². The number of nitrogens with zero attached hydrogens (tertiary/aromatic N) is 2. The number of halogens is 1. The standard InChI is InChI=1S/C17H19ClN2O3/c1-22-16(21)9-13-10-20(7-8-23-13)11-14-15(18)5-4-12-3-2-6-19-17(12)14/h2-6,13H,7-11H2,1H3/t13-/m1/s1. The fraction of sp³-hybridized carbons (Fsp3) is 0.412. The molecule has 0 radical (unpaired) electrons. The van der Waals surface area contributed by atoms with Crippen LogP contribution in [0.1, 0.15) is 12.0 Å². The summed E-state index contributed by atoms with van der Waals surface area (Å²) in [4.78, 5) is 18.1. The first kappa shape index (κ1) is 16.2. The second-order valence-corrected chi connectivity index (χ2v) is 6.02. The zero-order valence-corrected chi connectivity index (χ0v) is 13.8. The molecular formula is C17H19ClN2O3. The Hall–Kier alpha value is -1.69. The number of hydrogen-bond acceptors (Lipinski definition) is 5. The number of hydrogen-bond donors (Lipinski definition) is 0. The van der Waals surface area contributed by atoms with Gasteiger partial charge in [0.1, 0.15) is 0 Å². The molecule has 6 heteroatoms. The van der Waals surface area contributed by atoms with E-state index in [0.29, 0.717) is 24.7 Å². The van der Waals surface area contributed by atoms with Crippen LogP contribution in [0.3, 0.4) is 0 Å². The molecule has 1 saturated heterocycles. The third-order valence-corrected chi connectivity index (χ3v) is 4.40. The molecule has 1 aliphatic rings. The maximum Gasteiger partial charge on any atom is 0.308 e. The predicted octanol–water partition coefficient (Wildman–Crippen LogP) is 2.65. The maximum atomic E-state index is 11.4. The zero-order chi connectivity index (χ0) is 16.2. The number of pyridine rings is 1. The van der Waals surface area contributed by atoms with E-state index in [4.69, 9.17) is 21.1 Å². The number of rotatable bonds is 4. The van der Waals surface area contributed by atoms with Crippen LogP contribution < -0.4 is 0 Å². The van der Waals surface area contributed by atoms with Crippen LogP contribution in [0.4, 0.5) is 0 Å². The highest BCUT2D eigenvalue weighted by Gasteiger charge is 2.24. The molecule has 3 rings (SSSR count). The average molecular weight is 335 g/mol. The van der Waals surface area contributed by atoms with Crippen LogP contribution in [0.5, 0.6) is 0 Å². The molecule has 1 aliphatic heterocycles. The predicted molar refractivity (Wildman–Crippen MR) is 88.4 cm³/mol. The number of carbonyl (C=O) groups is 1. The third-order valence-electron chi connectivity index (χ3n) is 4.05. The first-order chi connectivity index (χ1) is 11.2. The lowest BCUT2D eigenvalue weighted by Gasteiger charge is -2.32. The van der Waals surface area contributed by atoms with Gasteiger partial charge in [-0.2, -0.15) is 0 Å². The molecule has 0 saturated carbocycles. The Bertz CT molecular complexity index is 707. The lowest BCUT2D eigenvalue weighted by atomic mass is 10.1. The molecule has 1 aromatic carbocycles. The highest BCUT2D eigenvalue weighted by molar-refractivity contribution is 6.32. The number of morpholine rings is 1. The van der Waals surface area contributed by atoms with Gasteiger partial charge in [-0.3, -0.25) is 14.7 Å². The fourth-order valence-corrected chi connectivity index (χ4v) is 3.08. The van der Waals surface area contributed by atoms with Crippen molar-refractivity contribution in [3.05, 3.63) is 41.0 Å². The summed E-state index contributed by atoms with van der Waals surface area (Å²) >= 11 is 6.39. The second-order valence-electron chi connectivity index (χ2n) is 5.61. The molecule has 122 valence electrons. The van der Waals surface area contributed by atoms with Gasteiger partial charge in [-0.15, -0.1) is 0 Å². The van der Waals surface area contributed by atoms with E-state index in [0.717, 1.165) is 23.0 Å². The van der Waals surface area contributed by atoms with E-state index >= 15 is 0 Å². The van der Waals surface area contributed by atoms with Gasteiger partial charge in [0.05, 0.1) is 31.8 Å². The number of esters is 1. The molecule has 0 spiro atoms. The van der Waals surface area contributed by atoms with Crippen molar-refractivity contribution in [2.24, 2.45) is 0 Å². The van der Waals surface area contributed by atoms with Crippen molar-refractivity contribution < 1.29 is 14.3 Å². The minimum Gasteiger partial charge on any atom is -0.469 e. The van der Waals surface area contributed by atoms with Crippen molar-refractivity contribution in [3.63, 3.8) is 0 Å². The van der Waals surface area contributed by atoms with Gasteiger partial charge in [0, 0.05) is 41.8 Å². The molecule has 23 heavy (non-hydrogen) atoms. The summed E-state index contributed by atoms with van der Waals surface area (Å²) in [5, 5.41) is 1.79. The maximum absolute atomic E-state index is 11.4. The largest absolute Gasteiger partial charge is 0.469 e. The normalized spacial score (nSPS) is 19.0. The highest BCUT2D eigenvalue weighted by atomic mass is 35.5. The molecule has 0 bridgehead atoms. The topological polar surface area (TPSA) is 51.7 Å². The van der Waals surface area contributed by atoms with Crippen molar-refractivity contribution in [1.29, 1.82) is 0 Å². The van der Waals surface area contributed by atoms with Gasteiger partial charge in [0.25, 0.3) is 0 Å². The Balaban J connectivity index is 1.76. The summed E-state index contributed by atoms with van der Waals surface area (Å²) in [6.45, 7) is 2.76. The van der Waals surface area contributed by atoms with Gasteiger partial charge in [0.15, 0.2) is 0 Å². The highest BCUT2D eigenvalue weighted by Crippen LogP contribution is 2.26. The minimum absolute atomic E-state index is 0.141. The van der Waals surface area contributed by atoms with Crippen LogP contribution in [-0.2, 0) is 20.8 Å². The van der Waals surface area contributed by atoms with Crippen molar-refractivity contribution in [1.82, 2.24) is 9.88 Å². The van der Waals surface area contributed by atoms with Crippen molar-refractivity contribution in [3.8, 4) is 0 Å². The number of carbonyl (C=O) groups excluding carboxylic acids is 1. The van der Waals surface area contributed by atoms with Gasteiger partial charge in [0.2, 0.25) is 0 Å². The van der Waals surface area contributed by atoms with E-state index < -0.39 is 0 Å². The van der Waals surface area contributed by atoms with Crippen LogP contribution in [-0.4, -0.2) is 48.8 Å². The molecule has 0 aliphatic carbocycles. The number of ether oxygens (including phenoxy) is 2. The molecule has 1 atom stereocenters. The van der Waals surface area contributed by atoms with Crippen LogP contribution in [0.2, 0.25) is 5.02 Å². The van der Waals surface area contributed by atoms with Crippen LogP contribution in [0.15, 0.2) is 30.5 Å². The summed E-state index contributed by atoms with van der Waals surface area (Å²) in [5.41, 5.74) is 1.94. The summed E-state index contributed by atoms with van der Waals surface area (Å²) in [5.74, 6) is -0.248. The summed E-state index contributed by atoms with van der Waals surface area (Å²) in [6.07, 6.45) is 1.91. The number of aromatic nitrogens is 1. The van der Waals surface area contributed by atoms with Crippen LogP contribution >= 0.6 is 11.6 Å². The van der Waals surface area contributed by atoms with Gasteiger partial charge in [-0.25, -0.2) is 0 Å². The summed E-state index contributed by atoms with van der Waals surface area (Å²) < 4.78 is 10.4. The van der Waals surface area contributed by atoms with E-state index in [9.17, 15) is 4.79 Å². The van der Waals surface area contributed by atoms with Gasteiger partial charge in [-0.05, 0) is 12.1 Å². The first-order valence-corrected chi connectivity index (χ1v) is 7.98. The molecule has 1 aromatic heterocycles. The number of methoxy groups -OCH3 is 1. The van der Waals surface area contributed by atoms with E-state index in [1.165, 1.54) is 7.11 Å². The first-order valence-electron chi connectivity index (χ1n) is 7.60. The molecule has 2 aromatic rings. The Morgan fingerprint density at radius 2 is 2.35 bits per heavy atom. The van der Waals surface area contributed by atoms with Crippen LogP contribution in [0, 0.1) is 0 Å². The lowest BCUT2D eigenvalue weighted by Crippen LogP contribution is -2.43. The minimum atomic E-state index is -0.248. The van der Waals surface area contributed by atoms with Gasteiger partial charge >= 0.3 is 5.97 Å². The number of benzene rings is 1. The fourth-order valence-electron chi connectivity index (χ4n) is 2.87. The monoisotopic (exact) mass is 334 g/mol. The molecule has 2 heterocycles. The van der Waals surface area contributed by atoms with Crippen LogP contribution in [0.25, 0.3) is 10.9 Å². The van der Waals surface area contributed by atoms with Gasteiger partial charge < -0.3 is 9.47 Å². The van der Waals surface area contributed by atoms with Gasteiger partial charge in [-0.1, -0.05) is 23.7 Å². The molecular weight excluding hydrogens is 316 g/mol. The quantitative estimate of drug-likeness (QED) is 0.805. The smallest absolute Gasteiger partial charge is 0.308 e. The zero-order valence-electron chi connectivity index (χ0n) is 13.0. The van der Waals surface area contributed by atoms with Crippen molar-refractivity contribution >= 4 is 28.5 Å². The Kier molecular flexibility index (Phi) is 5.10. The van der Waals surface area contributed by atoms with Crippen molar-refractivity contribution in [2.75, 3.05) is 26.8 Å². The third kappa shape index (κ3) is 3.80. The van der Waals surface area contributed by atoms with E-state index in [-0.39, 0.29) is 18.5 Å². The molecule has 1 fully saturated rings. The van der Waals surface area contributed by atoms with Crippen molar-refractivity contribution in [2.45, 2.75) is 19.1 Å². The average Bonchev–Trinajstić information content (AvgIpc) is 2.58. The molecule has 0 N–H and O–H groups in total. The Morgan fingerprint density at radius 1 is 1.48 bits per heavy atom. The molecule has 0 amide bonds. The van der Waals surface area contributed by atoms with E-state index in [2.05, 4.69) is 9.88 Å². The SMILES string of the molecule is COC(=O)C[C@@H]1CN(Cc2c(Cl)ccc3cccnc23)CCO1. The number of fused-ring (bicyclic) bond motifs is 1. The van der Waals surface area contributed by atoms with E-state index in [1.54, 1.807) is 6.20 Å². The lowest BCUT2D eigenvalue weighted by molar-refractivity contribution is -0.145.